The van der Waals surface area contributed by atoms with Crippen molar-refractivity contribution in [3.05, 3.63) is 70.1 Å². The molecule has 2 nitrogen and oxygen atoms in total. The third kappa shape index (κ3) is 1.15. The molecule has 0 radical (unpaired) electrons. The van der Waals surface area contributed by atoms with Crippen molar-refractivity contribution >= 4 is 11.0 Å². The minimum Gasteiger partial charge on any atom is -0.422 e. The van der Waals surface area contributed by atoms with Crippen LogP contribution in [-0.4, -0.2) is 0 Å². The Bertz CT molecular complexity index is 828. The molecule has 0 unspecified atom stereocenters. The monoisotopic (exact) mass is 234 g/mol. The number of rotatable bonds is 0. The molecule has 1 aliphatic carbocycles. The highest BCUT2D eigenvalue weighted by molar-refractivity contribution is 5.90. The molecule has 4 rings (SSSR count). The summed E-state index contributed by atoms with van der Waals surface area (Å²) in [6.07, 6.45) is 0.817. The summed E-state index contributed by atoms with van der Waals surface area (Å²) < 4.78 is 5.41. The third-order valence-corrected chi connectivity index (χ3v) is 3.57. The van der Waals surface area contributed by atoms with Gasteiger partial charge in [-0.2, -0.15) is 0 Å². The van der Waals surface area contributed by atoms with E-state index in [1.54, 1.807) is 0 Å². The third-order valence-electron chi connectivity index (χ3n) is 3.57. The van der Waals surface area contributed by atoms with Gasteiger partial charge in [0.15, 0.2) is 0 Å². The number of fused-ring (bicyclic) bond motifs is 5. The fourth-order valence-electron chi connectivity index (χ4n) is 2.78. The Kier molecular flexibility index (Phi) is 1.78. The summed E-state index contributed by atoms with van der Waals surface area (Å²) in [6, 6.07) is 15.8. The van der Waals surface area contributed by atoms with E-state index in [9.17, 15) is 4.79 Å². The Morgan fingerprint density at radius 1 is 0.944 bits per heavy atom. The molecule has 1 aliphatic rings. The van der Waals surface area contributed by atoms with Gasteiger partial charge >= 0.3 is 5.63 Å². The maximum absolute atomic E-state index is 12.1. The van der Waals surface area contributed by atoms with Crippen molar-refractivity contribution in [2.45, 2.75) is 6.42 Å². The average Bonchev–Trinajstić information content (AvgIpc) is 2.79. The van der Waals surface area contributed by atoms with Crippen LogP contribution in [0.15, 0.2) is 57.7 Å². The Balaban J connectivity index is 2.19. The van der Waals surface area contributed by atoms with Crippen molar-refractivity contribution in [2.75, 3.05) is 0 Å². The predicted octanol–water partition coefficient (Wildman–Crippen LogP) is 3.36. The van der Waals surface area contributed by atoms with E-state index in [2.05, 4.69) is 6.07 Å². The number of para-hydroxylation sites is 1. The second-order valence-corrected chi connectivity index (χ2v) is 4.57. The molecule has 0 saturated carbocycles. The summed E-state index contributed by atoms with van der Waals surface area (Å²) in [5.74, 6) is 0. The van der Waals surface area contributed by atoms with E-state index >= 15 is 0 Å². The van der Waals surface area contributed by atoms with Gasteiger partial charge in [0.05, 0.1) is 5.56 Å². The summed E-state index contributed by atoms with van der Waals surface area (Å²) in [5, 5.41) is 1.04. The normalized spacial score (nSPS) is 12.4. The molecule has 0 N–H and O–H groups in total. The molecule has 0 spiro atoms. The molecule has 1 heterocycles. The van der Waals surface area contributed by atoms with Crippen molar-refractivity contribution in [3.8, 4) is 11.1 Å². The quantitative estimate of drug-likeness (QED) is 0.437. The van der Waals surface area contributed by atoms with Gasteiger partial charge in [0, 0.05) is 5.39 Å². The predicted molar refractivity (Wildman–Crippen MR) is 70.7 cm³/mol. The summed E-state index contributed by atoms with van der Waals surface area (Å²) in [4.78, 5) is 12.1. The molecule has 3 aromatic rings. The van der Waals surface area contributed by atoms with Gasteiger partial charge in [0.2, 0.25) is 0 Å². The van der Waals surface area contributed by atoms with Crippen LogP contribution in [0.5, 0.6) is 0 Å². The second kappa shape index (κ2) is 3.33. The molecule has 0 fully saturated rings. The maximum atomic E-state index is 12.1. The summed E-state index contributed by atoms with van der Waals surface area (Å²) in [5.41, 5.74) is 4.51. The molecule has 18 heavy (non-hydrogen) atoms. The van der Waals surface area contributed by atoms with E-state index in [1.807, 2.05) is 42.5 Å². The van der Waals surface area contributed by atoms with Crippen molar-refractivity contribution in [2.24, 2.45) is 0 Å². The van der Waals surface area contributed by atoms with E-state index in [4.69, 9.17) is 4.42 Å². The van der Waals surface area contributed by atoms with E-state index in [1.165, 1.54) is 5.56 Å². The first-order chi connectivity index (χ1) is 8.84. The lowest BCUT2D eigenvalue weighted by molar-refractivity contribution is 0.563. The van der Waals surface area contributed by atoms with Crippen molar-refractivity contribution in [3.63, 3.8) is 0 Å². The SMILES string of the molecule is O=c1oc2ccccc2c2c1-c1ccccc1C2. The number of hydrogen-bond donors (Lipinski definition) is 0. The molecule has 2 heteroatoms. The second-order valence-electron chi connectivity index (χ2n) is 4.57. The lowest BCUT2D eigenvalue weighted by atomic mass is 10.1. The van der Waals surface area contributed by atoms with Crippen LogP contribution in [-0.2, 0) is 6.42 Å². The van der Waals surface area contributed by atoms with E-state index in [-0.39, 0.29) is 5.63 Å². The lowest BCUT2D eigenvalue weighted by Crippen LogP contribution is -2.03. The van der Waals surface area contributed by atoms with Crippen LogP contribution in [0.25, 0.3) is 22.1 Å². The molecule has 2 aromatic carbocycles. The highest BCUT2D eigenvalue weighted by atomic mass is 16.4. The van der Waals surface area contributed by atoms with Crippen LogP contribution in [0.4, 0.5) is 0 Å². The minimum absolute atomic E-state index is 0.228. The zero-order chi connectivity index (χ0) is 12.1. The van der Waals surface area contributed by atoms with Crippen molar-refractivity contribution in [1.29, 1.82) is 0 Å². The van der Waals surface area contributed by atoms with Crippen molar-refractivity contribution < 1.29 is 4.42 Å². The number of benzene rings is 2. The summed E-state index contributed by atoms with van der Waals surface area (Å²) >= 11 is 0. The molecule has 0 amide bonds. The fraction of sp³-hybridized carbons (Fsp3) is 0.0625. The van der Waals surface area contributed by atoms with Gasteiger partial charge in [-0.1, -0.05) is 42.5 Å². The molecule has 0 atom stereocenters. The maximum Gasteiger partial charge on any atom is 0.344 e. The first-order valence-electron chi connectivity index (χ1n) is 5.97. The van der Waals surface area contributed by atoms with Crippen LogP contribution in [0.1, 0.15) is 11.1 Å². The molecule has 0 bridgehead atoms. The molecule has 0 saturated heterocycles. The smallest absolute Gasteiger partial charge is 0.344 e. The van der Waals surface area contributed by atoms with Crippen molar-refractivity contribution in [1.82, 2.24) is 0 Å². The molecular weight excluding hydrogens is 224 g/mol. The van der Waals surface area contributed by atoms with Gasteiger partial charge in [0.25, 0.3) is 0 Å². The van der Waals surface area contributed by atoms with E-state index < -0.39 is 0 Å². The number of hydrogen-bond acceptors (Lipinski definition) is 2. The van der Waals surface area contributed by atoms with Gasteiger partial charge < -0.3 is 4.42 Å². The van der Waals surface area contributed by atoms with Crippen LogP contribution in [0.3, 0.4) is 0 Å². The molecular formula is C16H10O2. The standard InChI is InChI=1S/C16H10O2/c17-16-15-11-6-2-1-5-10(11)9-13(15)12-7-3-4-8-14(12)18-16/h1-8H,9H2. The zero-order valence-electron chi connectivity index (χ0n) is 9.64. The largest absolute Gasteiger partial charge is 0.422 e. The lowest BCUT2D eigenvalue weighted by Gasteiger charge is -2.02. The highest BCUT2D eigenvalue weighted by Gasteiger charge is 2.24. The van der Waals surface area contributed by atoms with Gasteiger partial charge in [0.1, 0.15) is 5.58 Å². The van der Waals surface area contributed by atoms with E-state index in [0.29, 0.717) is 5.58 Å². The van der Waals surface area contributed by atoms with Crippen LogP contribution >= 0.6 is 0 Å². The topological polar surface area (TPSA) is 30.2 Å². The van der Waals surface area contributed by atoms with Crippen LogP contribution in [0, 0.1) is 0 Å². The summed E-state index contributed by atoms with van der Waals surface area (Å²) in [6.45, 7) is 0. The zero-order valence-corrected chi connectivity index (χ0v) is 9.64. The van der Waals surface area contributed by atoms with Gasteiger partial charge in [-0.25, -0.2) is 4.79 Å². The molecule has 86 valence electrons. The Hall–Kier alpha value is -2.35. The van der Waals surface area contributed by atoms with Gasteiger partial charge in [-0.05, 0) is 29.2 Å². The Morgan fingerprint density at radius 2 is 1.72 bits per heavy atom. The average molecular weight is 234 g/mol. The summed E-state index contributed by atoms with van der Waals surface area (Å²) in [7, 11) is 0. The Morgan fingerprint density at radius 3 is 2.67 bits per heavy atom. The Labute approximate surface area is 103 Å². The van der Waals surface area contributed by atoms with Gasteiger partial charge in [-0.15, -0.1) is 0 Å². The fourth-order valence-corrected chi connectivity index (χ4v) is 2.78. The van der Waals surface area contributed by atoms with Crippen LogP contribution < -0.4 is 5.63 Å². The highest BCUT2D eigenvalue weighted by Crippen LogP contribution is 2.37. The minimum atomic E-state index is -0.228. The van der Waals surface area contributed by atoms with Crippen LogP contribution in [0.2, 0.25) is 0 Å². The molecule has 0 aliphatic heterocycles. The first kappa shape index (κ1) is 9.66. The van der Waals surface area contributed by atoms with Gasteiger partial charge in [-0.3, -0.25) is 0 Å². The molecule has 1 aromatic heterocycles. The first-order valence-corrected chi connectivity index (χ1v) is 5.97. The van der Waals surface area contributed by atoms with E-state index in [0.717, 1.165) is 28.5 Å².